The fourth-order valence-corrected chi connectivity index (χ4v) is 3.26. The summed E-state index contributed by atoms with van der Waals surface area (Å²) in [5, 5.41) is 2.05. The van der Waals surface area contributed by atoms with Gasteiger partial charge in [0.1, 0.15) is 0 Å². The summed E-state index contributed by atoms with van der Waals surface area (Å²) in [6.07, 6.45) is 0. The van der Waals surface area contributed by atoms with Crippen LogP contribution in [0.4, 0.5) is 0 Å². The summed E-state index contributed by atoms with van der Waals surface area (Å²) in [6, 6.07) is 6.34. The predicted molar refractivity (Wildman–Crippen MR) is 73.4 cm³/mol. The molecule has 0 bridgehead atoms. The van der Waals surface area contributed by atoms with Gasteiger partial charge in [0.2, 0.25) is 0 Å². The Kier molecular flexibility index (Phi) is 5.37. The van der Waals surface area contributed by atoms with Gasteiger partial charge in [0, 0.05) is 20.3 Å². The minimum atomic E-state index is 0.575. The topological polar surface area (TPSA) is 0 Å². The molecule has 1 aromatic rings. The summed E-state index contributed by atoms with van der Waals surface area (Å²) in [7, 11) is 0. The maximum absolute atomic E-state index is 6.22. The first-order valence-corrected chi connectivity index (χ1v) is 7.25. The van der Waals surface area contributed by atoms with Crippen molar-refractivity contribution in [2.24, 2.45) is 0 Å². The second-order valence-electron chi connectivity index (χ2n) is 3.93. The van der Waals surface area contributed by atoms with Crippen molar-refractivity contribution in [2.45, 2.75) is 48.0 Å². The molecule has 0 fully saturated rings. The minimum absolute atomic E-state index is 0.575. The van der Waals surface area contributed by atoms with Crippen molar-refractivity contribution >= 4 is 35.1 Å². The lowest BCUT2D eigenvalue weighted by Gasteiger charge is -2.10. The third kappa shape index (κ3) is 4.71. The molecule has 0 aliphatic heterocycles. The highest BCUT2D eigenvalue weighted by atomic mass is 35.5. The fraction of sp³-hybridized carbons (Fsp3) is 0.500. The molecular weight excluding hydrogens is 244 g/mol. The Morgan fingerprint density at radius 1 is 1.00 bits per heavy atom. The minimum Gasteiger partial charge on any atom is -0.123 e. The third-order valence-corrected chi connectivity index (χ3v) is 4.14. The number of rotatable bonds is 4. The van der Waals surface area contributed by atoms with Crippen LogP contribution in [0.25, 0.3) is 0 Å². The van der Waals surface area contributed by atoms with E-state index >= 15 is 0 Å². The Morgan fingerprint density at radius 2 is 1.60 bits per heavy atom. The molecule has 0 aliphatic rings. The van der Waals surface area contributed by atoms with Crippen LogP contribution < -0.4 is 0 Å². The van der Waals surface area contributed by atoms with E-state index in [1.165, 1.54) is 9.79 Å². The maximum atomic E-state index is 6.22. The highest BCUT2D eigenvalue weighted by molar-refractivity contribution is 8.00. The fourth-order valence-electron chi connectivity index (χ4n) is 1.18. The Bertz CT molecular complexity index is 321. The zero-order chi connectivity index (χ0) is 11.4. The molecule has 15 heavy (non-hydrogen) atoms. The molecule has 0 saturated carbocycles. The molecule has 0 amide bonds. The molecule has 0 unspecified atom stereocenters. The van der Waals surface area contributed by atoms with Gasteiger partial charge in [-0.25, -0.2) is 0 Å². The van der Waals surface area contributed by atoms with E-state index in [1.807, 2.05) is 23.5 Å². The monoisotopic (exact) mass is 260 g/mol. The van der Waals surface area contributed by atoms with Gasteiger partial charge in [-0.1, -0.05) is 39.3 Å². The normalized spacial score (nSPS) is 11.4. The zero-order valence-corrected chi connectivity index (χ0v) is 12.0. The van der Waals surface area contributed by atoms with Crippen LogP contribution >= 0.6 is 35.1 Å². The highest BCUT2D eigenvalue weighted by Crippen LogP contribution is 2.34. The largest absolute Gasteiger partial charge is 0.123 e. The van der Waals surface area contributed by atoms with E-state index in [1.54, 1.807) is 0 Å². The van der Waals surface area contributed by atoms with Gasteiger partial charge in [-0.2, -0.15) is 0 Å². The van der Waals surface area contributed by atoms with Crippen LogP contribution in [0.15, 0.2) is 28.0 Å². The third-order valence-electron chi connectivity index (χ3n) is 1.64. The van der Waals surface area contributed by atoms with E-state index in [0.29, 0.717) is 10.5 Å². The molecule has 0 spiro atoms. The molecule has 1 aromatic carbocycles. The van der Waals surface area contributed by atoms with Crippen molar-refractivity contribution < 1.29 is 0 Å². The van der Waals surface area contributed by atoms with Crippen LogP contribution in [-0.4, -0.2) is 10.5 Å². The summed E-state index contributed by atoms with van der Waals surface area (Å²) >= 11 is 9.88. The number of hydrogen-bond donors (Lipinski definition) is 0. The summed E-state index contributed by atoms with van der Waals surface area (Å²) in [4.78, 5) is 2.43. The molecule has 1 rings (SSSR count). The van der Waals surface area contributed by atoms with Crippen molar-refractivity contribution in [2.75, 3.05) is 0 Å². The molecule has 0 aromatic heterocycles. The molecule has 0 aliphatic carbocycles. The van der Waals surface area contributed by atoms with E-state index in [0.717, 1.165) is 5.02 Å². The number of benzene rings is 1. The zero-order valence-electron chi connectivity index (χ0n) is 9.58. The van der Waals surface area contributed by atoms with E-state index < -0.39 is 0 Å². The van der Waals surface area contributed by atoms with Crippen LogP contribution in [0.5, 0.6) is 0 Å². The second kappa shape index (κ2) is 6.07. The van der Waals surface area contributed by atoms with Crippen LogP contribution in [0, 0.1) is 0 Å². The molecular formula is C12H17ClS2. The van der Waals surface area contributed by atoms with E-state index in [2.05, 4.69) is 45.9 Å². The summed E-state index contributed by atoms with van der Waals surface area (Å²) in [5.41, 5.74) is 0. The van der Waals surface area contributed by atoms with Gasteiger partial charge in [0.25, 0.3) is 0 Å². The number of hydrogen-bond acceptors (Lipinski definition) is 2. The Hall–Kier alpha value is 0.210. The quantitative estimate of drug-likeness (QED) is 0.670. The first-order chi connectivity index (χ1) is 6.99. The summed E-state index contributed by atoms with van der Waals surface area (Å²) < 4.78 is 0. The van der Waals surface area contributed by atoms with Gasteiger partial charge < -0.3 is 0 Å². The first-order valence-electron chi connectivity index (χ1n) is 5.12. The van der Waals surface area contributed by atoms with Gasteiger partial charge in [-0.15, -0.1) is 23.5 Å². The summed E-state index contributed by atoms with van der Waals surface area (Å²) in [6.45, 7) is 8.74. The summed E-state index contributed by atoms with van der Waals surface area (Å²) in [5.74, 6) is 0. The van der Waals surface area contributed by atoms with Gasteiger partial charge >= 0.3 is 0 Å². The van der Waals surface area contributed by atoms with E-state index in [-0.39, 0.29) is 0 Å². The van der Waals surface area contributed by atoms with Crippen molar-refractivity contribution in [1.29, 1.82) is 0 Å². The van der Waals surface area contributed by atoms with E-state index in [9.17, 15) is 0 Å². The maximum Gasteiger partial charge on any atom is 0.0553 e. The Morgan fingerprint density at radius 3 is 2.07 bits per heavy atom. The van der Waals surface area contributed by atoms with Crippen LogP contribution in [0.1, 0.15) is 27.7 Å². The van der Waals surface area contributed by atoms with Gasteiger partial charge in [0.05, 0.1) is 5.02 Å². The first kappa shape index (κ1) is 13.3. The standard InChI is InChI=1S/C12H17ClS2/c1-8(2)14-10-5-6-12(11(13)7-10)15-9(3)4/h5-9H,1-4H3. The number of halogens is 1. The van der Waals surface area contributed by atoms with Crippen LogP contribution in [0.2, 0.25) is 5.02 Å². The highest BCUT2D eigenvalue weighted by Gasteiger charge is 2.06. The smallest absolute Gasteiger partial charge is 0.0553 e. The van der Waals surface area contributed by atoms with Gasteiger partial charge in [-0.3, -0.25) is 0 Å². The van der Waals surface area contributed by atoms with Gasteiger partial charge in [0.15, 0.2) is 0 Å². The predicted octanol–water partition coefficient (Wildman–Crippen LogP) is 5.34. The van der Waals surface area contributed by atoms with Crippen molar-refractivity contribution in [1.82, 2.24) is 0 Å². The molecule has 3 heteroatoms. The van der Waals surface area contributed by atoms with Gasteiger partial charge in [-0.05, 0) is 18.2 Å². The average Bonchev–Trinajstić information content (AvgIpc) is 2.08. The molecule has 0 atom stereocenters. The second-order valence-corrected chi connectivity index (χ2v) is 7.60. The molecule has 84 valence electrons. The Labute approximate surface area is 106 Å². The van der Waals surface area contributed by atoms with Crippen molar-refractivity contribution in [3.8, 4) is 0 Å². The van der Waals surface area contributed by atoms with Crippen LogP contribution in [0.3, 0.4) is 0 Å². The lowest BCUT2D eigenvalue weighted by molar-refractivity contribution is 1.10. The lowest BCUT2D eigenvalue weighted by atomic mass is 10.4. The average molecular weight is 261 g/mol. The van der Waals surface area contributed by atoms with Crippen LogP contribution in [-0.2, 0) is 0 Å². The Balaban J connectivity index is 2.78. The van der Waals surface area contributed by atoms with E-state index in [4.69, 9.17) is 11.6 Å². The molecule has 0 N–H and O–H groups in total. The SMILES string of the molecule is CC(C)Sc1ccc(SC(C)C)c(Cl)c1. The molecule has 0 radical (unpaired) electrons. The molecule has 0 nitrogen and oxygen atoms in total. The molecule has 0 saturated heterocycles. The van der Waals surface area contributed by atoms with Crippen molar-refractivity contribution in [3.05, 3.63) is 23.2 Å². The number of thioether (sulfide) groups is 2. The lowest BCUT2D eigenvalue weighted by Crippen LogP contribution is -1.89. The molecule has 0 heterocycles. The van der Waals surface area contributed by atoms with Crippen molar-refractivity contribution in [3.63, 3.8) is 0 Å².